The van der Waals surface area contributed by atoms with Crippen LogP contribution in [0.5, 0.6) is 11.5 Å². The van der Waals surface area contributed by atoms with Crippen LogP contribution < -0.4 is 20.1 Å². The molecule has 1 aliphatic rings. The Bertz CT molecular complexity index is 828. The van der Waals surface area contributed by atoms with E-state index in [2.05, 4.69) is 48.5 Å². The third kappa shape index (κ3) is 9.14. The smallest absolute Gasteiger partial charge is 0.255 e. The van der Waals surface area contributed by atoms with Crippen molar-refractivity contribution in [3.63, 3.8) is 0 Å². The average Bonchev–Trinajstić information content (AvgIpc) is 2.76. The molecule has 1 aliphatic heterocycles. The molecule has 0 saturated heterocycles. The zero-order chi connectivity index (χ0) is 23.3. The monoisotopic (exact) mass is 443 g/mol. The summed E-state index contributed by atoms with van der Waals surface area (Å²) in [6.07, 6.45) is 7.23. The van der Waals surface area contributed by atoms with E-state index in [0.717, 1.165) is 25.8 Å². The maximum Gasteiger partial charge on any atom is 0.255 e. The van der Waals surface area contributed by atoms with E-state index in [-0.39, 0.29) is 18.4 Å². The summed E-state index contributed by atoms with van der Waals surface area (Å²) in [6.45, 7) is 9.24. The summed E-state index contributed by atoms with van der Waals surface area (Å²) in [5.41, 5.74) is 3.11. The Hall–Kier alpha value is -2.80. The maximum absolute atomic E-state index is 12.6. The second-order valence-electron chi connectivity index (χ2n) is 8.28. The van der Waals surface area contributed by atoms with Crippen molar-refractivity contribution in [3.8, 4) is 11.5 Å². The number of rotatable bonds is 6. The molecule has 1 aromatic rings. The van der Waals surface area contributed by atoms with Gasteiger partial charge in [0.05, 0.1) is 25.8 Å². The van der Waals surface area contributed by atoms with Gasteiger partial charge in [-0.3, -0.25) is 14.5 Å². The Labute approximate surface area is 191 Å². The van der Waals surface area contributed by atoms with Crippen LogP contribution in [0.2, 0.25) is 0 Å². The second-order valence-corrected chi connectivity index (χ2v) is 8.28. The van der Waals surface area contributed by atoms with E-state index in [1.165, 1.54) is 11.1 Å². The van der Waals surface area contributed by atoms with Gasteiger partial charge in [0.15, 0.2) is 0 Å². The van der Waals surface area contributed by atoms with Gasteiger partial charge in [0.25, 0.3) is 5.91 Å². The van der Waals surface area contributed by atoms with Crippen LogP contribution >= 0.6 is 0 Å². The number of fused-ring (bicyclic) bond motifs is 1. The average molecular weight is 444 g/mol. The Morgan fingerprint density at radius 3 is 2.72 bits per heavy atom. The topological polar surface area (TPSA) is 79.9 Å². The first-order valence-corrected chi connectivity index (χ1v) is 11.3. The predicted octanol–water partition coefficient (Wildman–Crippen LogP) is 3.32. The number of nitrogens with one attached hydrogen (secondary N) is 2. The SMILES string of the molecule is COc1ccc2c(c1)OCCNC(=O)CN(CC=C(C)CCC=C(C)C)CCCNC2=O. The van der Waals surface area contributed by atoms with Crippen molar-refractivity contribution in [2.45, 2.75) is 40.0 Å². The summed E-state index contributed by atoms with van der Waals surface area (Å²) in [6, 6.07) is 5.13. The number of hydrogen-bond donors (Lipinski definition) is 2. The summed E-state index contributed by atoms with van der Waals surface area (Å²) in [5, 5.41) is 5.86. The Morgan fingerprint density at radius 1 is 1.16 bits per heavy atom. The molecule has 0 aliphatic carbocycles. The highest BCUT2D eigenvalue weighted by Gasteiger charge is 2.16. The number of carbonyl (C=O) groups is 2. The number of nitrogens with zero attached hydrogens (tertiary/aromatic N) is 1. The van der Waals surface area contributed by atoms with Crippen LogP contribution in [0.15, 0.2) is 41.5 Å². The Balaban J connectivity index is 2.00. The summed E-state index contributed by atoms with van der Waals surface area (Å²) in [5.74, 6) is 0.853. The molecule has 0 aromatic heterocycles. The van der Waals surface area contributed by atoms with E-state index >= 15 is 0 Å². The number of ether oxygens (including phenoxy) is 2. The van der Waals surface area contributed by atoms with Crippen molar-refractivity contribution in [3.05, 3.63) is 47.1 Å². The number of benzene rings is 1. The van der Waals surface area contributed by atoms with Crippen molar-refractivity contribution in [2.24, 2.45) is 0 Å². The van der Waals surface area contributed by atoms with Crippen LogP contribution in [0.4, 0.5) is 0 Å². The summed E-state index contributed by atoms with van der Waals surface area (Å²) >= 11 is 0. The number of methoxy groups -OCH3 is 1. The molecule has 0 radical (unpaired) electrons. The van der Waals surface area contributed by atoms with Crippen molar-refractivity contribution in [1.82, 2.24) is 15.5 Å². The molecular weight excluding hydrogens is 406 g/mol. The second kappa shape index (κ2) is 13.6. The van der Waals surface area contributed by atoms with Gasteiger partial charge in [-0.15, -0.1) is 0 Å². The summed E-state index contributed by atoms with van der Waals surface area (Å²) in [7, 11) is 1.57. The summed E-state index contributed by atoms with van der Waals surface area (Å²) in [4.78, 5) is 27.2. The number of allylic oxidation sites excluding steroid dienone is 3. The van der Waals surface area contributed by atoms with Gasteiger partial charge in [0.1, 0.15) is 18.1 Å². The van der Waals surface area contributed by atoms with Crippen molar-refractivity contribution >= 4 is 11.8 Å². The highest BCUT2D eigenvalue weighted by atomic mass is 16.5. The zero-order valence-electron chi connectivity index (χ0n) is 19.8. The third-order valence-corrected chi connectivity index (χ3v) is 5.21. The molecule has 7 nitrogen and oxygen atoms in total. The lowest BCUT2D eigenvalue weighted by atomic mass is 10.1. The highest BCUT2D eigenvalue weighted by Crippen LogP contribution is 2.25. The van der Waals surface area contributed by atoms with Gasteiger partial charge in [-0.05, 0) is 52.2 Å². The van der Waals surface area contributed by atoms with E-state index in [4.69, 9.17) is 9.47 Å². The van der Waals surface area contributed by atoms with Gasteiger partial charge in [-0.2, -0.15) is 0 Å². The summed E-state index contributed by atoms with van der Waals surface area (Å²) < 4.78 is 11.0. The lowest BCUT2D eigenvalue weighted by molar-refractivity contribution is -0.122. The third-order valence-electron chi connectivity index (χ3n) is 5.21. The van der Waals surface area contributed by atoms with Gasteiger partial charge >= 0.3 is 0 Å². The Morgan fingerprint density at radius 2 is 1.97 bits per heavy atom. The highest BCUT2D eigenvalue weighted by molar-refractivity contribution is 5.97. The van der Waals surface area contributed by atoms with Gasteiger partial charge < -0.3 is 20.1 Å². The molecule has 0 unspecified atom stereocenters. The quantitative estimate of drug-likeness (QED) is 0.660. The lowest BCUT2D eigenvalue weighted by Gasteiger charge is -2.22. The molecule has 0 atom stereocenters. The molecule has 176 valence electrons. The first-order chi connectivity index (χ1) is 15.4. The van der Waals surface area contributed by atoms with E-state index < -0.39 is 0 Å². The van der Waals surface area contributed by atoms with E-state index in [1.54, 1.807) is 25.3 Å². The number of carbonyl (C=O) groups excluding carboxylic acids is 2. The first-order valence-electron chi connectivity index (χ1n) is 11.3. The number of amides is 2. The van der Waals surface area contributed by atoms with E-state index in [9.17, 15) is 9.59 Å². The molecular formula is C25H37N3O4. The number of hydrogen-bond acceptors (Lipinski definition) is 5. The van der Waals surface area contributed by atoms with Crippen LogP contribution in [0.25, 0.3) is 0 Å². The molecule has 0 bridgehead atoms. The van der Waals surface area contributed by atoms with Crippen LogP contribution in [-0.4, -0.2) is 63.2 Å². The van der Waals surface area contributed by atoms with E-state index in [1.807, 2.05) is 0 Å². The first kappa shape index (κ1) is 25.5. The van der Waals surface area contributed by atoms with Crippen molar-refractivity contribution in [2.75, 3.05) is 46.4 Å². The molecule has 0 fully saturated rings. The molecule has 1 heterocycles. The minimum Gasteiger partial charge on any atom is -0.497 e. The zero-order valence-corrected chi connectivity index (χ0v) is 19.8. The molecule has 2 rings (SSSR count). The van der Waals surface area contributed by atoms with Gasteiger partial charge in [0.2, 0.25) is 5.91 Å². The fourth-order valence-electron chi connectivity index (χ4n) is 3.36. The minimum atomic E-state index is -0.176. The fourth-order valence-corrected chi connectivity index (χ4v) is 3.36. The molecule has 0 spiro atoms. The van der Waals surface area contributed by atoms with Crippen molar-refractivity contribution < 1.29 is 19.1 Å². The maximum atomic E-state index is 12.6. The van der Waals surface area contributed by atoms with Gasteiger partial charge in [-0.1, -0.05) is 23.3 Å². The normalized spacial score (nSPS) is 16.7. The fraction of sp³-hybridized carbons (Fsp3) is 0.520. The van der Waals surface area contributed by atoms with Gasteiger partial charge in [0, 0.05) is 25.7 Å². The predicted molar refractivity (Wildman–Crippen MR) is 127 cm³/mol. The standard InChI is InChI=1S/C25H37N3O4/c1-19(2)7-5-8-20(3)11-15-28-14-6-12-27-25(30)22-10-9-21(31-4)17-23(22)32-16-13-26-24(29)18-28/h7,9-11,17H,5-6,8,12-16,18H2,1-4H3,(H,26,29)(H,27,30). The van der Waals surface area contributed by atoms with Gasteiger partial charge in [-0.25, -0.2) is 0 Å². The van der Waals surface area contributed by atoms with Crippen molar-refractivity contribution in [1.29, 1.82) is 0 Å². The van der Waals surface area contributed by atoms with Crippen LogP contribution in [-0.2, 0) is 4.79 Å². The molecule has 7 heteroatoms. The molecule has 2 amide bonds. The molecule has 32 heavy (non-hydrogen) atoms. The van der Waals surface area contributed by atoms with Crippen LogP contribution in [0.1, 0.15) is 50.4 Å². The largest absolute Gasteiger partial charge is 0.497 e. The van der Waals surface area contributed by atoms with E-state index in [0.29, 0.717) is 43.2 Å². The Kier molecular flexibility index (Phi) is 10.8. The molecule has 0 saturated carbocycles. The molecule has 2 N–H and O–H groups in total. The van der Waals surface area contributed by atoms with Crippen LogP contribution in [0, 0.1) is 0 Å². The molecule has 1 aromatic carbocycles. The van der Waals surface area contributed by atoms with Crippen LogP contribution in [0.3, 0.4) is 0 Å². The lowest BCUT2D eigenvalue weighted by Crippen LogP contribution is -2.40. The minimum absolute atomic E-state index is 0.0313.